The molecule has 0 aromatic heterocycles. The Morgan fingerprint density at radius 2 is 1.35 bits per heavy atom. The maximum absolute atomic E-state index is 12.3. The molecule has 4 aromatic rings. The maximum atomic E-state index is 12.3. The fourth-order valence-corrected chi connectivity index (χ4v) is 4.01. The summed E-state index contributed by atoms with van der Waals surface area (Å²) in [6.07, 6.45) is 1.56. The van der Waals surface area contributed by atoms with Gasteiger partial charge in [-0.05, 0) is 85.1 Å². The van der Waals surface area contributed by atoms with E-state index in [1.807, 2.05) is 80.6 Å². The van der Waals surface area contributed by atoms with E-state index in [1.165, 1.54) is 0 Å². The number of rotatable bonds is 13. The zero-order chi connectivity index (χ0) is 28.2. The largest absolute Gasteiger partial charge is 0.490 e. The summed E-state index contributed by atoms with van der Waals surface area (Å²) in [5.74, 6) is 2.23. The SMILES string of the molecule is CCOc1cc(/C=N/NC(=O)c2ccc(Br)cc2)ccc1OCc1ccc(OCc2ccccc2)c(OCC)c1. The van der Waals surface area contributed by atoms with E-state index in [2.05, 4.69) is 26.5 Å². The third kappa shape index (κ3) is 8.35. The van der Waals surface area contributed by atoms with E-state index in [0.717, 1.165) is 21.2 Å². The molecule has 0 bridgehead atoms. The van der Waals surface area contributed by atoms with Crippen molar-refractivity contribution in [3.05, 3.63) is 118 Å². The third-order valence-corrected chi connectivity index (χ3v) is 6.22. The number of hydrazone groups is 1. The highest BCUT2D eigenvalue weighted by Gasteiger charge is 2.11. The molecule has 40 heavy (non-hydrogen) atoms. The first-order chi connectivity index (χ1) is 19.6. The van der Waals surface area contributed by atoms with Crippen molar-refractivity contribution in [1.82, 2.24) is 5.43 Å². The number of halogens is 1. The summed E-state index contributed by atoms with van der Waals surface area (Å²) in [5.41, 5.74) is 5.82. The Hall–Kier alpha value is -4.30. The second-order valence-corrected chi connectivity index (χ2v) is 9.54. The predicted molar refractivity (Wildman–Crippen MR) is 160 cm³/mol. The van der Waals surface area contributed by atoms with E-state index in [4.69, 9.17) is 18.9 Å². The van der Waals surface area contributed by atoms with E-state index >= 15 is 0 Å². The van der Waals surface area contributed by atoms with Gasteiger partial charge in [0.2, 0.25) is 0 Å². The minimum absolute atomic E-state index is 0.295. The Morgan fingerprint density at radius 1 is 0.725 bits per heavy atom. The number of ether oxygens (including phenoxy) is 4. The number of carbonyl (C=O) groups is 1. The summed E-state index contributed by atoms with van der Waals surface area (Å²) in [4.78, 5) is 12.3. The summed E-state index contributed by atoms with van der Waals surface area (Å²) < 4.78 is 24.7. The van der Waals surface area contributed by atoms with Gasteiger partial charge in [-0.1, -0.05) is 52.3 Å². The van der Waals surface area contributed by atoms with Crippen molar-refractivity contribution in [2.45, 2.75) is 27.1 Å². The molecule has 206 valence electrons. The van der Waals surface area contributed by atoms with E-state index in [1.54, 1.807) is 30.5 Å². The molecule has 0 heterocycles. The summed E-state index contributed by atoms with van der Waals surface area (Å²) in [6.45, 7) is 5.61. The molecule has 1 amide bonds. The zero-order valence-corrected chi connectivity index (χ0v) is 24.0. The van der Waals surface area contributed by atoms with Crippen molar-refractivity contribution in [3.8, 4) is 23.0 Å². The average molecular weight is 604 g/mol. The molecule has 0 aliphatic carbocycles. The minimum Gasteiger partial charge on any atom is -0.490 e. The number of benzene rings is 4. The van der Waals surface area contributed by atoms with Gasteiger partial charge in [0.25, 0.3) is 5.91 Å². The Labute approximate surface area is 242 Å². The van der Waals surface area contributed by atoms with Gasteiger partial charge in [0, 0.05) is 10.0 Å². The van der Waals surface area contributed by atoms with Gasteiger partial charge in [-0.3, -0.25) is 4.79 Å². The van der Waals surface area contributed by atoms with Crippen molar-refractivity contribution in [3.63, 3.8) is 0 Å². The first kappa shape index (κ1) is 28.7. The van der Waals surface area contributed by atoms with Crippen LogP contribution in [0.15, 0.2) is 101 Å². The number of carbonyl (C=O) groups excluding carboxylic acids is 1. The summed E-state index contributed by atoms with van der Waals surface area (Å²) in [6, 6.07) is 28.3. The molecular formula is C32H31BrN2O5. The molecule has 0 saturated carbocycles. The monoisotopic (exact) mass is 602 g/mol. The molecular weight excluding hydrogens is 572 g/mol. The smallest absolute Gasteiger partial charge is 0.271 e. The fraction of sp³-hybridized carbons (Fsp3) is 0.188. The fourth-order valence-electron chi connectivity index (χ4n) is 3.75. The van der Waals surface area contributed by atoms with Gasteiger partial charge in [-0.25, -0.2) is 5.43 Å². The first-order valence-corrected chi connectivity index (χ1v) is 13.8. The summed E-state index contributed by atoms with van der Waals surface area (Å²) in [7, 11) is 0. The number of amides is 1. The van der Waals surface area contributed by atoms with Crippen molar-refractivity contribution in [1.29, 1.82) is 0 Å². The summed E-state index contributed by atoms with van der Waals surface area (Å²) in [5, 5.41) is 4.08. The van der Waals surface area contributed by atoms with Crippen molar-refractivity contribution in [2.24, 2.45) is 5.10 Å². The van der Waals surface area contributed by atoms with Gasteiger partial charge in [0.15, 0.2) is 23.0 Å². The number of nitrogens with zero attached hydrogens (tertiary/aromatic N) is 1. The van der Waals surface area contributed by atoms with Crippen LogP contribution >= 0.6 is 15.9 Å². The molecule has 0 saturated heterocycles. The molecule has 1 N–H and O–H groups in total. The molecule has 0 unspecified atom stereocenters. The van der Waals surface area contributed by atoms with Crippen LogP contribution in [0.4, 0.5) is 0 Å². The van der Waals surface area contributed by atoms with Gasteiger partial charge in [-0.15, -0.1) is 0 Å². The quantitative estimate of drug-likeness (QED) is 0.130. The summed E-state index contributed by atoms with van der Waals surface area (Å²) >= 11 is 3.36. The molecule has 0 spiro atoms. The van der Waals surface area contributed by atoms with Crippen molar-refractivity contribution in [2.75, 3.05) is 13.2 Å². The maximum Gasteiger partial charge on any atom is 0.271 e. The van der Waals surface area contributed by atoms with Crippen LogP contribution in [0.1, 0.15) is 40.9 Å². The molecule has 4 aromatic carbocycles. The second-order valence-electron chi connectivity index (χ2n) is 8.62. The highest BCUT2D eigenvalue weighted by Crippen LogP contribution is 2.32. The van der Waals surface area contributed by atoms with Gasteiger partial charge in [0.05, 0.1) is 19.4 Å². The van der Waals surface area contributed by atoms with E-state index in [-0.39, 0.29) is 5.91 Å². The van der Waals surface area contributed by atoms with Crippen molar-refractivity contribution >= 4 is 28.1 Å². The number of hydrogen-bond donors (Lipinski definition) is 1. The molecule has 0 atom stereocenters. The zero-order valence-electron chi connectivity index (χ0n) is 22.4. The van der Waals surface area contributed by atoms with Gasteiger partial charge in [-0.2, -0.15) is 5.10 Å². The van der Waals surface area contributed by atoms with Crippen molar-refractivity contribution < 1.29 is 23.7 Å². The molecule has 0 radical (unpaired) electrons. The molecule has 0 fully saturated rings. The second kappa shape index (κ2) is 14.7. The molecule has 7 nitrogen and oxygen atoms in total. The lowest BCUT2D eigenvalue weighted by Gasteiger charge is -2.15. The van der Waals surface area contributed by atoms with Gasteiger partial charge >= 0.3 is 0 Å². The lowest BCUT2D eigenvalue weighted by Crippen LogP contribution is -2.17. The van der Waals surface area contributed by atoms with Gasteiger partial charge in [0.1, 0.15) is 13.2 Å². The predicted octanol–water partition coefficient (Wildman–Crippen LogP) is 7.17. The normalized spacial score (nSPS) is 10.8. The average Bonchev–Trinajstić information content (AvgIpc) is 2.97. The molecule has 4 rings (SSSR count). The highest BCUT2D eigenvalue weighted by atomic mass is 79.9. The van der Waals surface area contributed by atoms with Crippen LogP contribution in [-0.4, -0.2) is 25.3 Å². The standard InChI is InChI=1S/C32H31BrN2O5/c1-3-37-30-18-24(20-34-35-32(36)26-12-14-27(33)15-13-26)10-16-28(30)40-22-25-11-17-29(31(19-25)38-4-2)39-21-23-8-6-5-7-9-23/h5-20H,3-4,21-22H2,1-2H3,(H,35,36)/b34-20+. The van der Waals surface area contributed by atoms with Crippen LogP contribution in [0.25, 0.3) is 0 Å². The molecule has 8 heteroatoms. The van der Waals surface area contributed by atoms with Crippen LogP contribution in [0.3, 0.4) is 0 Å². The Bertz CT molecular complexity index is 1430. The van der Waals surface area contributed by atoms with Crippen LogP contribution in [0.2, 0.25) is 0 Å². The van der Waals surface area contributed by atoms with Gasteiger partial charge < -0.3 is 18.9 Å². The molecule has 0 aliphatic heterocycles. The molecule has 0 aliphatic rings. The number of hydrogen-bond acceptors (Lipinski definition) is 6. The number of nitrogens with one attached hydrogen (secondary N) is 1. The van der Waals surface area contributed by atoms with E-state index in [0.29, 0.717) is 55.0 Å². The minimum atomic E-state index is -0.295. The lowest BCUT2D eigenvalue weighted by atomic mass is 10.2. The van der Waals surface area contributed by atoms with Crippen LogP contribution in [0, 0.1) is 0 Å². The Kier molecular flexibility index (Phi) is 10.6. The first-order valence-electron chi connectivity index (χ1n) is 13.0. The van der Waals surface area contributed by atoms with E-state index in [9.17, 15) is 4.79 Å². The van der Waals surface area contributed by atoms with Crippen LogP contribution in [0.5, 0.6) is 23.0 Å². The Morgan fingerprint density at radius 3 is 2.02 bits per heavy atom. The topological polar surface area (TPSA) is 78.4 Å². The van der Waals surface area contributed by atoms with Crippen LogP contribution < -0.4 is 24.4 Å². The van der Waals surface area contributed by atoms with Crippen LogP contribution in [-0.2, 0) is 13.2 Å². The lowest BCUT2D eigenvalue weighted by molar-refractivity contribution is 0.0955. The highest BCUT2D eigenvalue weighted by molar-refractivity contribution is 9.10. The Balaban J connectivity index is 1.39. The van der Waals surface area contributed by atoms with E-state index < -0.39 is 0 Å². The third-order valence-electron chi connectivity index (χ3n) is 5.69.